The van der Waals surface area contributed by atoms with Crippen LogP contribution in [0.25, 0.3) is 0 Å². The van der Waals surface area contributed by atoms with E-state index in [4.69, 9.17) is 17.0 Å². The third-order valence-electron chi connectivity index (χ3n) is 3.16. The smallest absolute Gasteiger partial charge is 0.171 e. The van der Waals surface area contributed by atoms with Crippen LogP contribution in [0.3, 0.4) is 0 Å². The summed E-state index contributed by atoms with van der Waals surface area (Å²) in [5, 5.41) is 6.99. The summed E-state index contributed by atoms with van der Waals surface area (Å²) in [6, 6.07) is 9.96. The lowest BCUT2D eigenvalue weighted by atomic mass is 10.1. The zero-order valence-corrected chi connectivity index (χ0v) is 13.2. The Labute approximate surface area is 130 Å². The average Bonchev–Trinajstić information content (AvgIpc) is 2.48. The van der Waals surface area contributed by atoms with Crippen LogP contribution in [0.5, 0.6) is 5.75 Å². The first-order chi connectivity index (χ1) is 10.1. The fourth-order valence-electron chi connectivity index (χ4n) is 2.01. The van der Waals surface area contributed by atoms with Gasteiger partial charge in [-0.25, -0.2) is 0 Å². The van der Waals surface area contributed by atoms with Gasteiger partial charge in [0.15, 0.2) is 5.11 Å². The highest BCUT2D eigenvalue weighted by Crippen LogP contribution is 2.25. The van der Waals surface area contributed by atoms with Crippen molar-refractivity contribution in [1.82, 2.24) is 10.3 Å². The molecule has 0 saturated carbocycles. The minimum atomic E-state index is 0.101. The number of hydrogen-bond donors (Lipinski definition) is 2. The molecule has 0 spiro atoms. The summed E-state index contributed by atoms with van der Waals surface area (Å²) in [6.07, 6.45) is 3.54. The quantitative estimate of drug-likeness (QED) is 0.847. The molecule has 110 valence electrons. The van der Waals surface area contributed by atoms with Gasteiger partial charge >= 0.3 is 0 Å². The Hall–Kier alpha value is -2.14. The largest absolute Gasteiger partial charge is 0.495 e. The van der Waals surface area contributed by atoms with E-state index in [1.165, 1.54) is 0 Å². The van der Waals surface area contributed by atoms with Crippen LogP contribution in [0.1, 0.15) is 24.1 Å². The van der Waals surface area contributed by atoms with Crippen LogP contribution in [-0.2, 0) is 0 Å². The Morgan fingerprint density at radius 3 is 2.62 bits per heavy atom. The molecule has 1 unspecified atom stereocenters. The van der Waals surface area contributed by atoms with Crippen molar-refractivity contribution < 1.29 is 4.74 Å². The summed E-state index contributed by atoms with van der Waals surface area (Å²) in [5.41, 5.74) is 3.13. The second kappa shape index (κ2) is 7.04. The lowest BCUT2D eigenvalue weighted by molar-refractivity contribution is 0.417. The molecule has 1 atom stereocenters. The average molecular weight is 301 g/mol. The molecule has 0 aliphatic carbocycles. The van der Waals surface area contributed by atoms with E-state index in [0.717, 1.165) is 22.6 Å². The van der Waals surface area contributed by atoms with Crippen molar-refractivity contribution in [3.63, 3.8) is 0 Å². The molecule has 21 heavy (non-hydrogen) atoms. The number of nitrogens with one attached hydrogen (secondary N) is 2. The van der Waals surface area contributed by atoms with Gasteiger partial charge in [-0.1, -0.05) is 6.07 Å². The first-order valence-electron chi connectivity index (χ1n) is 6.72. The predicted molar refractivity (Wildman–Crippen MR) is 89.7 cm³/mol. The van der Waals surface area contributed by atoms with E-state index in [1.54, 1.807) is 19.5 Å². The number of rotatable bonds is 4. The Morgan fingerprint density at radius 2 is 1.95 bits per heavy atom. The van der Waals surface area contributed by atoms with Crippen LogP contribution in [-0.4, -0.2) is 17.2 Å². The second-order valence-electron chi connectivity index (χ2n) is 4.80. The molecule has 4 nitrogen and oxygen atoms in total. The summed E-state index contributed by atoms with van der Waals surface area (Å²) in [4.78, 5) is 4.01. The van der Waals surface area contributed by atoms with Crippen molar-refractivity contribution in [3.05, 3.63) is 53.9 Å². The van der Waals surface area contributed by atoms with E-state index in [9.17, 15) is 0 Å². The molecule has 0 bridgehead atoms. The number of benzene rings is 1. The summed E-state index contributed by atoms with van der Waals surface area (Å²) >= 11 is 5.37. The molecule has 0 aliphatic rings. The zero-order chi connectivity index (χ0) is 15.2. The number of methoxy groups -OCH3 is 1. The second-order valence-corrected chi connectivity index (χ2v) is 5.21. The molecule has 1 aromatic carbocycles. The van der Waals surface area contributed by atoms with E-state index in [2.05, 4.69) is 22.5 Å². The number of ether oxygens (including phenoxy) is 1. The third-order valence-corrected chi connectivity index (χ3v) is 3.38. The fraction of sp³-hybridized carbons (Fsp3) is 0.250. The Morgan fingerprint density at radius 1 is 1.24 bits per heavy atom. The molecule has 0 saturated heterocycles. The van der Waals surface area contributed by atoms with Crippen molar-refractivity contribution in [2.75, 3.05) is 12.4 Å². The molecular weight excluding hydrogens is 282 g/mol. The number of aryl methyl sites for hydroxylation is 1. The number of nitrogens with zero attached hydrogens (tertiary/aromatic N) is 1. The van der Waals surface area contributed by atoms with Gasteiger partial charge < -0.3 is 15.4 Å². The van der Waals surface area contributed by atoms with Crippen molar-refractivity contribution in [2.24, 2.45) is 0 Å². The maximum Gasteiger partial charge on any atom is 0.171 e. The summed E-state index contributed by atoms with van der Waals surface area (Å²) in [7, 11) is 1.64. The van der Waals surface area contributed by atoms with Gasteiger partial charge in [0.05, 0.1) is 18.8 Å². The Balaban J connectivity index is 2.04. The minimum absolute atomic E-state index is 0.101. The minimum Gasteiger partial charge on any atom is -0.495 e. The van der Waals surface area contributed by atoms with Gasteiger partial charge in [0.2, 0.25) is 0 Å². The van der Waals surface area contributed by atoms with Gasteiger partial charge in [-0.15, -0.1) is 0 Å². The monoisotopic (exact) mass is 301 g/mol. The number of anilines is 1. The van der Waals surface area contributed by atoms with E-state index in [1.807, 2.05) is 37.3 Å². The first-order valence-corrected chi connectivity index (χ1v) is 7.13. The highest BCUT2D eigenvalue weighted by molar-refractivity contribution is 7.80. The number of pyridine rings is 1. The molecule has 5 heteroatoms. The molecule has 1 aromatic heterocycles. The number of thiocarbonyl (C=S) groups is 1. The van der Waals surface area contributed by atoms with E-state index < -0.39 is 0 Å². The molecule has 2 N–H and O–H groups in total. The first kappa shape index (κ1) is 15.3. The topological polar surface area (TPSA) is 46.2 Å². The van der Waals surface area contributed by atoms with Gasteiger partial charge in [-0.05, 0) is 61.5 Å². The number of aromatic nitrogens is 1. The highest BCUT2D eigenvalue weighted by atomic mass is 32.1. The van der Waals surface area contributed by atoms with Gasteiger partial charge in [-0.2, -0.15) is 0 Å². The van der Waals surface area contributed by atoms with Crippen LogP contribution in [0.15, 0.2) is 42.7 Å². The normalized spacial score (nSPS) is 11.6. The number of hydrogen-bond acceptors (Lipinski definition) is 3. The van der Waals surface area contributed by atoms with Crippen LogP contribution < -0.4 is 15.4 Å². The highest BCUT2D eigenvalue weighted by Gasteiger charge is 2.09. The molecule has 2 rings (SSSR count). The van der Waals surface area contributed by atoms with Crippen molar-refractivity contribution in [2.45, 2.75) is 19.9 Å². The van der Waals surface area contributed by atoms with Crippen LogP contribution in [0.4, 0.5) is 5.69 Å². The molecule has 0 fully saturated rings. The maximum atomic E-state index is 5.37. The van der Waals surface area contributed by atoms with E-state index >= 15 is 0 Å². The Kier molecular flexibility index (Phi) is 5.11. The summed E-state index contributed by atoms with van der Waals surface area (Å²) < 4.78 is 5.33. The molecule has 0 amide bonds. The van der Waals surface area contributed by atoms with Crippen molar-refractivity contribution in [1.29, 1.82) is 0 Å². The van der Waals surface area contributed by atoms with E-state index in [-0.39, 0.29) is 6.04 Å². The van der Waals surface area contributed by atoms with Crippen molar-refractivity contribution >= 4 is 23.0 Å². The zero-order valence-electron chi connectivity index (χ0n) is 12.4. The van der Waals surface area contributed by atoms with E-state index in [0.29, 0.717) is 5.11 Å². The van der Waals surface area contributed by atoms with Crippen LogP contribution in [0.2, 0.25) is 0 Å². The lowest BCUT2D eigenvalue weighted by Crippen LogP contribution is -2.31. The SMILES string of the molecule is COc1ccc(C)cc1NC(=S)NC(C)c1ccncc1. The molecule has 0 radical (unpaired) electrons. The maximum absolute atomic E-state index is 5.37. The Bertz CT molecular complexity index is 616. The predicted octanol–water partition coefficient (Wildman–Crippen LogP) is 3.45. The van der Waals surface area contributed by atoms with Gasteiger partial charge in [-0.3, -0.25) is 4.98 Å². The third kappa shape index (κ3) is 4.16. The van der Waals surface area contributed by atoms with Crippen molar-refractivity contribution in [3.8, 4) is 5.75 Å². The summed E-state index contributed by atoms with van der Waals surface area (Å²) in [5.74, 6) is 0.765. The van der Waals surface area contributed by atoms with Crippen LogP contribution in [0, 0.1) is 6.92 Å². The molecular formula is C16H19N3OS. The van der Waals surface area contributed by atoms with Gasteiger partial charge in [0.1, 0.15) is 5.75 Å². The lowest BCUT2D eigenvalue weighted by Gasteiger charge is -2.18. The van der Waals surface area contributed by atoms with Gasteiger partial charge in [0.25, 0.3) is 0 Å². The molecule has 2 aromatic rings. The molecule has 0 aliphatic heterocycles. The van der Waals surface area contributed by atoms with Crippen LogP contribution >= 0.6 is 12.2 Å². The summed E-state index contributed by atoms with van der Waals surface area (Å²) in [6.45, 7) is 4.08. The molecule has 1 heterocycles. The fourth-order valence-corrected chi connectivity index (χ4v) is 2.30. The van der Waals surface area contributed by atoms with Gasteiger partial charge in [0, 0.05) is 12.4 Å². The standard InChI is InChI=1S/C16H19N3OS/c1-11-4-5-15(20-3)14(10-11)19-16(21)18-12(2)13-6-8-17-9-7-13/h4-10,12H,1-3H3,(H2,18,19,21).